The van der Waals surface area contributed by atoms with Gasteiger partial charge in [0.2, 0.25) is 0 Å². The fourth-order valence-electron chi connectivity index (χ4n) is 3.98. The zero-order valence-electron chi connectivity index (χ0n) is 16.7. The van der Waals surface area contributed by atoms with E-state index in [2.05, 4.69) is 23.2 Å². The Morgan fingerprint density at radius 2 is 1.83 bits per heavy atom. The van der Waals surface area contributed by atoms with Gasteiger partial charge in [0.15, 0.2) is 0 Å². The predicted molar refractivity (Wildman–Crippen MR) is 115 cm³/mol. The summed E-state index contributed by atoms with van der Waals surface area (Å²) in [6.07, 6.45) is 3.00. The van der Waals surface area contributed by atoms with E-state index < -0.39 is 11.0 Å². The Kier molecular flexibility index (Phi) is 7.28. The third-order valence-corrected chi connectivity index (χ3v) is 6.33. The summed E-state index contributed by atoms with van der Waals surface area (Å²) < 4.78 is 0. The first-order chi connectivity index (χ1) is 14.1. The summed E-state index contributed by atoms with van der Waals surface area (Å²) in [5.41, 5.74) is 2.16. The number of benzene rings is 2. The van der Waals surface area contributed by atoms with E-state index in [0.29, 0.717) is 12.1 Å². The Bertz CT molecular complexity index is 846. The van der Waals surface area contributed by atoms with Crippen molar-refractivity contribution in [1.82, 2.24) is 10.2 Å². The maximum absolute atomic E-state index is 10.1. The normalized spacial score (nSPS) is 21.2. The molecule has 154 valence electrons. The third-order valence-electron chi connectivity index (χ3n) is 5.80. The van der Waals surface area contributed by atoms with E-state index in [-0.39, 0.29) is 19.4 Å². The van der Waals surface area contributed by atoms with Crippen LogP contribution in [0.3, 0.4) is 0 Å². The molecule has 0 aliphatic carbocycles. The van der Waals surface area contributed by atoms with Crippen LogP contribution in [0.2, 0.25) is 0 Å². The largest absolute Gasteiger partial charge is 0.394 e. The molecule has 0 spiro atoms. The first-order valence-electron chi connectivity index (χ1n) is 10.1. The highest BCUT2D eigenvalue weighted by Crippen LogP contribution is 2.34. The van der Waals surface area contributed by atoms with Crippen LogP contribution in [0.4, 0.5) is 0 Å². The van der Waals surface area contributed by atoms with Gasteiger partial charge < -0.3 is 10.2 Å². The minimum absolute atomic E-state index is 0.00394. The van der Waals surface area contributed by atoms with Crippen LogP contribution < -0.4 is 5.32 Å². The van der Waals surface area contributed by atoms with Gasteiger partial charge in [-0.25, -0.2) is 0 Å². The van der Waals surface area contributed by atoms with Crippen LogP contribution in [0.1, 0.15) is 37.3 Å². The van der Waals surface area contributed by atoms with E-state index in [9.17, 15) is 15.5 Å². The molecular weight excluding hydrogens is 386 g/mol. The first-order valence-corrected chi connectivity index (χ1v) is 10.5. The summed E-state index contributed by atoms with van der Waals surface area (Å²) in [5, 5.41) is 32.8. The lowest BCUT2D eigenvalue weighted by molar-refractivity contribution is -0.00732. The summed E-state index contributed by atoms with van der Waals surface area (Å²) >= 11 is 6.51. The lowest BCUT2D eigenvalue weighted by atomic mass is 9.97. The Hall–Kier alpha value is -1.94. The molecule has 2 unspecified atom stereocenters. The number of nitrogens with one attached hydrogen (secondary N) is 1. The lowest BCUT2D eigenvalue weighted by Crippen LogP contribution is -2.56. The van der Waals surface area contributed by atoms with Gasteiger partial charge >= 0.3 is 0 Å². The molecule has 6 heteroatoms. The molecule has 1 fully saturated rings. The Morgan fingerprint density at radius 3 is 2.45 bits per heavy atom. The van der Waals surface area contributed by atoms with Crippen molar-refractivity contribution in [2.45, 2.75) is 49.9 Å². The number of hydrogen-bond acceptors (Lipinski definition) is 5. The van der Waals surface area contributed by atoms with Crippen LogP contribution in [-0.2, 0) is 6.54 Å². The molecule has 2 aromatic rings. The molecule has 3 N–H and O–H groups in total. The monoisotopic (exact) mass is 413 g/mol. The van der Waals surface area contributed by atoms with E-state index in [1.54, 1.807) is 0 Å². The van der Waals surface area contributed by atoms with E-state index in [1.165, 1.54) is 0 Å². The van der Waals surface area contributed by atoms with Crippen molar-refractivity contribution >= 4 is 11.6 Å². The van der Waals surface area contributed by atoms with Crippen LogP contribution in [0, 0.1) is 11.3 Å². The first kappa shape index (κ1) is 21.8. The summed E-state index contributed by atoms with van der Waals surface area (Å²) in [6.45, 7) is 2.26. The number of halogens is 1. The molecule has 1 aliphatic rings. The van der Waals surface area contributed by atoms with Crippen molar-refractivity contribution in [3.8, 4) is 17.2 Å². The van der Waals surface area contributed by atoms with E-state index >= 15 is 0 Å². The van der Waals surface area contributed by atoms with Crippen molar-refractivity contribution in [2.24, 2.45) is 0 Å². The summed E-state index contributed by atoms with van der Waals surface area (Å²) in [7, 11) is 0. The maximum atomic E-state index is 10.1. The van der Waals surface area contributed by atoms with Crippen LogP contribution in [0.5, 0.6) is 0 Å². The molecule has 0 aromatic heterocycles. The number of aliphatic hydroxyl groups is 2. The van der Waals surface area contributed by atoms with Gasteiger partial charge in [0.05, 0.1) is 36.6 Å². The molecule has 0 saturated carbocycles. The number of hydrogen-bond donors (Lipinski definition) is 3. The van der Waals surface area contributed by atoms with Crippen LogP contribution in [0.15, 0.2) is 48.5 Å². The second-order valence-corrected chi connectivity index (χ2v) is 8.03. The number of nitriles is 1. The average molecular weight is 414 g/mol. The Morgan fingerprint density at radius 1 is 1.14 bits per heavy atom. The number of alkyl halides is 1. The van der Waals surface area contributed by atoms with Gasteiger partial charge in [-0.1, -0.05) is 62.2 Å². The zero-order valence-corrected chi connectivity index (χ0v) is 17.4. The molecule has 2 aromatic carbocycles. The topological polar surface area (TPSA) is 79.5 Å². The van der Waals surface area contributed by atoms with Gasteiger partial charge in [0, 0.05) is 6.54 Å². The third kappa shape index (κ3) is 4.32. The smallest absolute Gasteiger partial charge is 0.107 e. The minimum atomic E-state index is -0.911. The second kappa shape index (κ2) is 9.71. The van der Waals surface area contributed by atoms with Crippen molar-refractivity contribution in [3.05, 3.63) is 59.7 Å². The highest BCUT2D eigenvalue weighted by molar-refractivity contribution is 6.21. The Balaban J connectivity index is 1.85. The lowest BCUT2D eigenvalue weighted by Gasteiger charge is -2.38. The quantitative estimate of drug-likeness (QED) is 0.456. The van der Waals surface area contributed by atoms with Crippen LogP contribution >= 0.6 is 11.6 Å². The molecule has 0 radical (unpaired) electrons. The maximum Gasteiger partial charge on any atom is 0.107 e. The number of rotatable bonds is 8. The number of nitrogens with zero attached hydrogens (tertiary/aromatic N) is 2. The summed E-state index contributed by atoms with van der Waals surface area (Å²) in [6, 6.07) is 17.9. The number of aliphatic hydroxyl groups excluding tert-OH is 2. The van der Waals surface area contributed by atoms with Gasteiger partial charge in [-0.2, -0.15) is 5.26 Å². The van der Waals surface area contributed by atoms with Crippen molar-refractivity contribution < 1.29 is 10.2 Å². The fourth-order valence-corrected chi connectivity index (χ4v) is 4.39. The fraction of sp³-hybridized carbons (Fsp3) is 0.435. The van der Waals surface area contributed by atoms with Gasteiger partial charge in [-0.3, -0.25) is 10.2 Å². The SMILES string of the molecule is CCCCC1NC(Cl)C(CO)(CO)N1Cc1ccc(-c2ccccc2C#N)cc1. The summed E-state index contributed by atoms with van der Waals surface area (Å²) in [4.78, 5) is 2.10. The molecule has 1 heterocycles. The molecule has 3 rings (SSSR count). The van der Waals surface area contributed by atoms with Gasteiger partial charge in [-0.05, 0) is 29.2 Å². The molecular formula is C23H28ClN3O2. The highest BCUT2D eigenvalue weighted by atomic mass is 35.5. The average Bonchev–Trinajstić information content (AvgIpc) is 3.03. The van der Waals surface area contributed by atoms with Crippen molar-refractivity contribution in [3.63, 3.8) is 0 Å². The molecule has 1 aliphatic heterocycles. The second-order valence-electron chi connectivity index (χ2n) is 7.59. The molecule has 2 atom stereocenters. The standard InChI is InChI=1S/C23H28ClN3O2/c1-2-3-8-21-26-22(24)23(15-28,16-29)27(21)14-17-9-11-18(12-10-17)20-7-5-4-6-19(20)13-25/h4-7,9-12,21-22,26,28-29H,2-3,8,14-16H2,1H3. The minimum Gasteiger partial charge on any atom is -0.394 e. The molecule has 0 bridgehead atoms. The molecule has 29 heavy (non-hydrogen) atoms. The van der Waals surface area contributed by atoms with Crippen LogP contribution in [-0.4, -0.2) is 45.5 Å². The van der Waals surface area contributed by atoms with Gasteiger partial charge in [0.25, 0.3) is 0 Å². The van der Waals surface area contributed by atoms with Gasteiger partial charge in [0.1, 0.15) is 5.50 Å². The van der Waals surface area contributed by atoms with E-state index in [1.807, 2.05) is 48.5 Å². The molecule has 0 amide bonds. The summed E-state index contributed by atoms with van der Waals surface area (Å²) in [5.74, 6) is 0. The molecule has 5 nitrogen and oxygen atoms in total. The van der Waals surface area contributed by atoms with E-state index in [4.69, 9.17) is 11.6 Å². The Labute approximate surface area is 177 Å². The van der Waals surface area contributed by atoms with Crippen molar-refractivity contribution in [1.29, 1.82) is 5.26 Å². The van der Waals surface area contributed by atoms with Gasteiger partial charge in [-0.15, -0.1) is 11.6 Å². The zero-order chi connectivity index (χ0) is 20.9. The number of unbranched alkanes of at least 4 members (excludes halogenated alkanes) is 1. The highest BCUT2D eigenvalue weighted by Gasteiger charge is 2.51. The van der Waals surface area contributed by atoms with E-state index in [0.717, 1.165) is 36.0 Å². The van der Waals surface area contributed by atoms with Crippen molar-refractivity contribution in [2.75, 3.05) is 13.2 Å². The molecule has 1 saturated heterocycles. The van der Waals surface area contributed by atoms with Crippen LogP contribution in [0.25, 0.3) is 11.1 Å². The predicted octanol–water partition coefficient (Wildman–Crippen LogP) is 3.44.